The number of allylic oxidation sites excluding steroid dienone is 1. The summed E-state index contributed by atoms with van der Waals surface area (Å²) in [6.45, 7) is 24.6. The van der Waals surface area contributed by atoms with E-state index in [1.54, 1.807) is 0 Å². The van der Waals surface area contributed by atoms with E-state index in [0.717, 1.165) is 29.6 Å². The second-order valence-corrected chi connectivity index (χ2v) is 10.7. The molecule has 2 rings (SSSR count). The fourth-order valence-corrected chi connectivity index (χ4v) is 6.20. The zero-order valence-corrected chi connectivity index (χ0v) is 23.2. The Morgan fingerprint density at radius 2 is 1.65 bits per heavy atom. The van der Waals surface area contributed by atoms with Crippen LogP contribution in [0.25, 0.3) is 0 Å². The van der Waals surface area contributed by atoms with Crippen molar-refractivity contribution in [1.29, 1.82) is 0 Å². The molecule has 0 radical (unpaired) electrons. The minimum absolute atomic E-state index is 0.669. The van der Waals surface area contributed by atoms with Gasteiger partial charge in [-0.3, -0.25) is 0 Å². The Kier molecular flexibility index (Phi) is 19.7. The van der Waals surface area contributed by atoms with E-state index in [9.17, 15) is 0 Å². The fraction of sp³-hybridized carbons (Fsp3) is 0.871. The van der Waals surface area contributed by atoms with E-state index in [-0.39, 0.29) is 0 Å². The van der Waals surface area contributed by atoms with Gasteiger partial charge >= 0.3 is 0 Å². The molecule has 0 nitrogen and oxygen atoms in total. The summed E-state index contributed by atoms with van der Waals surface area (Å²) >= 11 is 0. The Bertz CT molecular complexity index is 442. The molecule has 0 aromatic rings. The molecular weight excluding hydrogens is 372 g/mol. The van der Waals surface area contributed by atoms with Crippen LogP contribution in [0, 0.1) is 47.9 Å². The van der Waals surface area contributed by atoms with Crippen molar-refractivity contribution in [2.24, 2.45) is 35.0 Å². The molecule has 0 heteroatoms. The third kappa shape index (κ3) is 11.6. The Morgan fingerprint density at radius 1 is 1.03 bits per heavy atom. The van der Waals surface area contributed by atoms with Gasteiger partial charge in [0.25, 0.3) is 0 Å². The van der Waals surface area contributed by atoms with Gasteiger partial charge in [0.15, 0.2) is 0 Å². The first-order chi connectivity index (χ1) is 14.8. The first kappa shape index (κ1) is 32.5. The zero-order chi connectivity index (χ0) is 24.4. The molecule has 2 fully saturated rings. The molecule has 0 aromatic carbocycles. The van der Waals surface area contributed by atoms with Gasteiger partial charge in [0, 0.05) is 0 Å². The monoisotopic (exact) mass is 432 g/mol. The Labute approximate surface area is 199 Å². The molecule has 0 aromatic heterocycles. The molecule has 0 aliphatic heterocycles. The van der Waals surface area contributed by atoms with Crippen LogP contribution in [0.1, 0.15) is 139 Å². The predicted molar refractivity (Wildman–Crippen MR) is 145 cm³/mol. The van der Waals surface area contributed by atoms with E-state index in [4.69, 9.17) is 0 Å². The number of terminal acetylenes is 1. The number of hydrogen-bond acceptors (Lipinski definition) is 0. The molecular formula is C31H60. The highest BCUT2D eigenvalue weighted by Crippen LogP contribution is 2.60. The molecule has 2 saturated carbocycles. The number of rotatable bonds is 9. The summed E-state index contributed by atoms with van der Waals surface area (Å²) in [7, 11) is 0. The molecule has 184 valence electrons. The SMILES string of the molecule is C#C.C=C(C)CCCC1CCC2C(CC)C(C)CCC12C.CC.CCCCCC(C)C. The topological polar surface area (TPSA) is 0 Å². The van der Waals surface area contributed by atoms with E-state index >= 15 is 0 Å². The van der Waals surface area contributed by atoms with Gasteiger partial charge in [-0.1, -0.05) is 93.1 Å². The smallest absolute Gasteiger partial charge is 0.0266 e. The first-order valence-corrected chi connectivity index (χ1v) is 13.7. The Balaban J connectivity index is 0. The summed E-state index contributed by atoms with van der Waals surface area (Å²) in [5, 5.41) is 0. The van der Waals surface area contributed by atoms with Crippen LogP contribution in [0.15, 0.2) is 12.2 Å². The van der Waals surface area contributed by atoms with Crippen LogP contribution in [0.4, 0.5) is 0 Å². The molecule has 0 saturated heterocycles. The third-order valence-corrected chi connectivity index (χ3v) is 8.00. The fourth-order valence-electron chi connectivity index (χ4n) is 6.20. The van der Waals surface area contributed by atoms with Crippen molar-refractivity contribution in [1.82, 2.24) is 0 Å². The molecule has 2 aliphatic carbocycles. The lowest BCUT2D eigenvalue weighted by Crippen LogP contribution is -2.40. The quantitative estimate of drug-likeness (QED) is 0.193. The van der Waals surface area contributed by atoms with Crippen molar-refractivity contribution >= 4 is 0 Å². The second-order valence-electron chi connectivity index (χ2n) is 10.7. The summed E-state index contributed by atoms with van der Waals surface area (Å²) in [5.74, 6) is 4.90. The van der Waals surface area contributed by atoms with Crippen LogP contribution in [0.3, 0.4) is 0 Å². The largest absolute Gasteiger partial charge is 0.124 e. The van der Waals surface area contributed by atoms with E-state index in [0.29, 0.717) is 5.41 Å². The summed E-state index contributed by atoms with van der Waals surface area (Å²) in [6.07, 6.45) is 25.0. The number of unbranched alkanes of at least 4 members (excludes halogenated alkanes) is 2. The maximum atomic E-state index is 4.05. The van der Waals surface area contributed by atoms with Crippen molar-refractivity contribution in [2.45, 2.75) is 139 Å². The standard InChI is InChI=1S/C19H34.C8H18.C2H6.C2H2/c1-6-17-15(4)12-13-19(5)16(10-11-18(17)19)9-7-8-14(2)3;1-4-5-6-7-8(2)3;2*1-2/h15-18H,2,6-13H2,1,3-5H3;8H,4-7H2,1-3H3;1-2H3;1-2H. The highest BCUT2D eigenvalue weighted by molar-refractivity contribution is 5.01. The molecule has 5 atom stereocenters. The molecule has 31 heavy (non-hydrogen) atoms. The number of fused-ring (bicyclic) bond motifs is 1. The van der Waals surface area contributed by atoms with Crippen LogP contribution in [0.5, 0.6) is 0 Å². The van der Waals surface area contributed by atoms with Gasteiger partial charge in [-0.2, -0.15) is 0 Å². The lowest BCUT2D eigenvalue weighted by molar-refractivity contribution is 0.0135. The Morgan fingerprint density at radius 3 is 2.13 bits per heavy atom. The van der Waals surface area contributed by atoms with Crippen LogP contribution in [0.2, 0.25) is 0 Å². The molecule has 0 bridgehead atoms. The number of hydrogen-bond donors (Lipinski definition) is 0. The van der Waals surface area contributed by atoms with Crippen LogP contribution >= 0.6 is 0 Å². The van der Waals surface area contributed by atoms with E-state index in [2.05, 4.69) is 67.9 Å². The van der Waals surface area contributed by atoms with E-state index < -0.39 is 0 Å². The third-order valence-electron chi connectivity index (χ3n) is 8.00. The van der Waals surface area contributed by atoms with Gasteiger partial charge in [0.1, 0.15) is 0 Å². The van der Waals surface area contributed by atoms with Crippen molar-refractivity contribution in [3.8, 4) is 12.8 Å². The average molecular weight is 433 g/mol. The molecule has 0 amide bonds. The van der Waals surface area contributed by atoms with Gasteiger partial charge in [0.05, 0.1) is 0 Å². The second kappa shape index (κ2) is 18.8. The molecule has 2 aliphatic rings. The Hall–Kier alpha value is -0.700. The van der Waals surface area contributed by atoms with E-state index in [1.165, 1.54) is 82.6 Å². The normalized spacial score (nSPS) is 28.8. The highest BCUT2D eigenvalue weighted by atomic mass is 14.6. The molecule has 0 N–H and O–H groups in total. The molecule has 0 spiro atoms. The predicted octanol–water partition coefficient (Wildman–Crippen LogP) is 10.7. The summed E-state index contributed by atoms with van der Waals surface area (Å²) in [4.78, 5) is 0. The minimum Gasteiger partial charge on any atom is -0.124 e. The van der Waals surface area contributed by atoms with Crippen molar-refractivity contribution in [2.75, 3.05) is 0 Å². The lowest BCUT2D eigenvalue weighted by Gasteiger charge is -2.48. The van der Waals surface area contributed by atoms with Crippen LogP contribution in [-0.4, -0.2) is 0 Å². The van der Waals surface area contributed by atoms with Crippen LogP contribution in [-0.2, 0) is 0 Å². The first-order valence-electron chi connectivity index (χ1n) is 13.7. The lowest BCUT2D eigenvalue weighted by atomic mass is 9.57. The van der Waals surface area contributed by atoms with Crippen molar-refractivity contribution in [3.05, 3.63) is 12.2 Å². The summed E-state index contributed by atoms with van der Waals surface area (Å²) in [6, 6.07) is 0. The van der Waals surface area contributed by atoms with Gasteiger partial charge in [-0.15, -0.1) is 19.4 Å². The zero-order valence-electron chi connectivity index (χ0n) is 23.2. The van der Waals surface area contributed by atoms with Gasteiger partial charge in [0.2, 0.25) is 0 Å². The van der Waals surface area contributed by atoms with Crippen molar-refractivity contribution in [3.63, 3.8) is 0 Å². The van der Waals surface area contributed by atoms with E-state index in [1.807, 2.05) is 13.8 Å². The van der Waals surface area contributed by atoms with Crippen molar-refractivity contribution < 1.29 is 0 Å². The maximum Gasteiger partial charge on any atom is -0.0266 e. The van der Waals surface area contributed by atoms with Gasteiger partial charge in [-0.05, 0) is 86.9 Å². The molecule has 0 heterocycles. The minimum atomic E-state index is 0.669. The van der Waals surface area contributed by atoms with Crippen LogP contribution < -0.4 is 0 Å². The summed E-state index contributed by atoms with van der Waals surface area (Å²) in [5.41, 5.74) is 2.03. The maximum absolute atomic E-state index is 4.05. The van der Waals surface area contributed by atoms with Gasteiger partial charge in [-0.25, -0.2) is 0 Å². The molecule has 5 unspecified atom stereocenters. The van der Waals surface area contributed by atoms with Gasteiger partial charge < -0.3 is 0 Å². The highest BCUT2D eigenvalue weighted by Gasteiger charge is 2.51. The summed E-state index contributed by atoms with van der Waals surface area (Å²) < 4.78 is 0. The average Bonchev–Trinajstić information content (AvgIpc) is 3.08.